The Morgan fingerprint density at radius 1 is 1.09 bits per heavy atom. The molecule has 3 aromatic rings. The molecule has 302 valence electrons. The van der Waals surface area contributed by atoms with Crippen LogP contribution in [0.4, 0.5) is 9.93 Å². The minimum absolute atomic E-state index is 0.0255. The van der Waals surface area contributed by atoms with Gasteiger partial charge < -0.3 is 40.7 Å². The van der Waals surface area contributed by atoms with Gasteiger partial charge in [-0.3, -0.25) is 14.4 Å². The summed E-state index contributed by atoms with van der Waals surface area (Å²) in [7, 11) is 1.57. The number of methoxy groups -OCH3 is 1. The number of benzene rings is 1. The average molecular weight is 792 g/mol. The number of thiazole rings is 1. The molecule has 1 saturated heterocycles. The number of aryl methyl sites for hydroxylation is 1. The summed E-state index contributed by atoms with van der Waals surface area (Å²) in [5.41, 5.74) is -0.715. The van der Waals surface area contributed by atoms with Gasteiger partial charge >= 0.3 is 12.0 Å². The fourth-order valence-corrected chi connectivity index (χ4v) is 7.52. The summed E-state index contributed by atoms with van der Waals surface area (Å²) in [4.78, 5) is 77.5. The van der Waals surface area contributed by atoms with Crippen LogP contribution in [-0.4, -0.2) is 93.1 Å². The minimum atomic E-state index is -1.53. The zero-order chi connectivity index (χ0) is 41.5. The van der Waals surface area contributed by atoms with Crippen LogP contribution in [0.1, 0.15) is 73.8 Å². The monoisotopic (exact) mass is 791 g/mol. The number of fused-ring (bicyclic) bond motifs is 1. The Labute approximate surface area is 331 Å². The molecule has 0 bridgehead atoms. The highest BCUT2D eigenvalue weighted by Gasteiger charge is 2.61. The molecule has 2 fully saturated rings. The minimum Gasteiger partial charge on any atom is -0.496 e. The second-order valence-corrected chi connectivity index (χ2v) is 17.8. The van der Waals surface area contributed by atoms with Crippen molar-refractivity contribution in [2.24, 2.45) is 16.7 Å². The Morgan fingerprint density at radius 3 is 2.36 bits per heavy atom. The van der Waals surface area contributed by atoms with Crippen LogP contribution in [0.2, 0.25) is 0 Å². The highest BCUT2D eigenvalue weighted by molar-refractivity contribution is 7.19. The highest BCUT2D eigenvalue weighted by Crippen LogP contribution is 2.45. The quantitative estimate of drug-likeness (QED) is 0.150. The molecule has 0 radical (unpaired) electrons. The van der Waals surface area contributed by atoms with Crippen LogP contribution in [0.3, 0.4) is 0 Å². The average Bonchev–Trinajstić information content (AvgIpc) is 3.38. The predicted molar refractivity (Wildman–Crippen MR) is 214 cm³/mol. The van der Waals surface area contributed by atoms with E-state index in [-0.39, 0.29) is 36.8 Å². The Morgan fingerprint density at radius 2 is 1.79 bits per heavy atom. The van der Waals surface area contributed by atoms with Crippen molar-refractivity contribution in [1.29, 1.82) is 0 Å². The lowest BCUT2D eigenvalue weighted by atomic mass is 9.85. The molecule has 5 amide bonds. The molecule has 56 heavy (non-hydrogen) atoms. The van der Waals surface area contributed by atoms with Gasteiger partial charge in [-0.1, -0.05) is 59.0 Å². The molecule has 0 spiro atoms. The van der Waals surface area contributed by atoms with E-state index in [2.05, 4.69) is 32.8 Å². The van der Waals surface area contributed by atoms with Crippen LogP contribution in [0.15, 0.2) is 37.1 Å². The first-order chi connectivity index (χ1) is 26.1. The number of carboxylic acid groups (broad SMARTS) is 1. The van der Waals surface area contributed by atoms with Crippen molar-refractivity contribution in [2.75, 3.05) is 19.0 Å². The number of aliphatic carboxylic acids is 1. The first-order valence-electron chi connectivity index (χ1n) is 18.5. The van der Waals surface area contributed by atoms with E-state index in [1.165, 1.54) is 29.2 Å². The number of pyridine rings is 1. The van der Waals surface area contributed by atoms with Gasteiger partial charge in [-0.2, -0.15) is 0 Å². The number of anilines is 1. The summed E-state index contributed by atoms with van der Waals surface area (Å²) in [6.45, 7) is 20.3. The zero-order valence-electron chi connectivity index (χ0n) is 33.7. The molecule has 5 rings (SSSR count). The maximum absolute atomic E-state index is 14.7. The Bertz CT molecular complexity index is 2050. The summed E-state index contributed by atoms with van der Waals surface area (Å²) < 4.78 is 12.3. The van der Waals surface area contributed by atoms with Gasteiger partial charge in [0.05, 0.1) is 29.7 Å². The van der Waals surface area contributed by atoms with E-state index in [1.807, 2.05) is 61.5 Å². The molecule has 16 heteroatoms. The van der Waals surface area contributed by atoms with Gasteiger partial charge in [-0.15, -0.1) is 6.58 Å². The second-order valence-electron chi connectivity index (χ2n) is 16.8. The number of nitrogens with zero attached hydrogens (tertiary/aromatic N) is 3. The van der Waals surface area contributed by atoms with Gasteiger partial charge in [-0.25, -0.2) is 19.6 Å². The number of hydrogen-bond acceptors (Lipinski definition) is 10. The summed E-state index contributed by atoms with van der Waals surface area (Å²) in [5.74, 6) is -2.06. The Kier molecular flexibility index (Phi) is 11.8. The number of rotatable bonds is 12. The van der Waals surface area contributed by atoms with Gasteiger partial charge in [0, 0.05) is 48.5 Å². The molecule has 3 heterocycles. The lowest BCUT2D eigenvalue weighted by Gasteiger charge is -2.36. The first kappa shape index (κ1) is 41.9. The van der Waals surface area contributed by atoms with Crippen molar-refractivity contribution in [3.8, 4) is 22.1 Å². The van der Waals surface area contributed by atoms with Gasteiger partial charge in [0.25, 0.3) is 0 Å². The molecule has 1 aromatic carbocycles. The Hall–Kier alpha value is -5.25. The fraction of sp³-hybridized carbons (Fsp3) is 0.525. The van der Waals surface area contributed by atoms with E-state index in [4.69, 9.17) is 14.5 Å². The van der Waals surface area contributed by atoms with E-state index >= 15 is 0 Å². The van der Waals surface area contributed by atoms with Crippen LogP contribution < -0.4 is 30.7 Å². The van der Waals surface area contributed by atoms with E-state index in [0.717, 1.165) is 5.56 Å². The number of nitrogens with one attached hydrogen (secondary N) is 4. The van der Waals surface area contributed by atoms with Crippen molar-refractivity contribution >= 4 is 57.1 Å². The smallest absolute Gasteiger partial charge is 0.330 e. The molecular weight excluding hydrogens is 739 g/mol. The van der Waals surface area contributed by atoms with E-state index < -0.39 is 58.9 Å². The summed E-state index contributed by atoms with van der Waals surface area (Å²) >= 11 is 1.24. The molecule has 0 unspecified atom stereocenters. The highest BCUT2D eigenvalue weighted by atomic mass is 32.1. The van der Waals surface area contributed by atoms with E-state index in [1.54, 1.807) is 25.4 Å². The van der Waals surface area contributed by atoms with Crippen LogP contribution in [-0.2, 0) is 19.2 Å². The summed E-state index contributed by atoms with van der Waals surface area (Å²) in [5, 5.41) is 22.4. The predicted octanol–water partition coefficient (Wildman–Crippen LogP) is 5.28. The van der Waals surface area contributed by atoms with Crippen molar-refractivity contribution < 1.29 is 38.6 Å². The van der Waals surface area contributed by atoms with Crippen LogP contribution in [0.25, 0.3) is 21.5 Å². The summed E-state index contributed by atoms with van der Waals surface area (Å²) in [6.07, 6.45) is 2.56. The van der Waals surface area contributed by atoms with Crippen molar-refractivity contribution in [3.05, 3.63) is 42.6 Å². The van der Waals surface area contributed by atoms with Crippen LogP contribution in [0, 0.1) is 23.7 Å². The summed E-state index contributed by atoms with van der Waals surface area (Å²) in [6, 6.07) is 2.42. The number of aromatic nitrogens is 2. The molecule has 1 saturated carbocycles. The van der Waals surface area contributed by atoms with Gasteiger partial charge in [0.2, 0.25) is 17.7 Å². The Balaban J connectivity index is 1.53. The number of ether oxygens (including phenoxy) is 2. The maximum Gasteiger partial charge on any atom is 0.330 e. The number of carboxylic acids is 1. The molecule has 6 atom stereocenters. The third-order valence-corrected chi connectivity index (χ3v) is 11.5. The topological polar surface area (TPSA) is 201 Å². The third kappa shape index (κ3) is 8.74. The van der Waals surface area contributed by atoms with Crippen LogP contribution >= 0.6 is 11.3 Å². The number of carbonyl (C=O) groups excluding carboxylic acids is 4. The molecule has 1 aliphatic heterocycles. The van der Waals surface area contributed by atoms with Crippen LogP contribution in [0.5, 0.6) is 11.5 Å². The molecule has 1 aliphatic carbocycles. The number of hydrogen-bond donors (Lipinski definition) is 5. The van der Waals surface area contributed by atoms with E-state index in [0.29, 0.717) is 38.1 Å². The maximum atomic E-state index is 14.7. The van der Waals surface area contributed by atoms with E-state index in [9.17, 15) is 29.1 Å². The third-order valence-electron chi connectivity index (χ3n) is 10.6. The second kappa shape index (κ2) is 15.7. The van der Waals surface area contributed by atoms with Crippen molar-refractivity contribution in [3.63, 3.8) is 0 Å². The lowest BCUT2D eigenvalue weighted by Crippen LogP contribution is -2.61. The molecule has 2 aromatic heterocycles. The lowest BCUT2D eigenvalue weighted by molar-refractivity contribution is -0.146. The standard InChI is InChI=1S/C40H53N7O8S/c1-12-23-17-40(23,35(51)52)46-33(49)27-15-24(19-47(27)34(50)32(39(8,9)10)45-36(53)42-21(3)38(5,6)7)55-29-16-26(30-18-41-37(56-30)43-22(4)48)44-31-20(2)28(54-11)14-13-25(29)31/h12-14,16,18,21,23-24,27,32H,1,15,17,19H2,2-11H3,(H,46,49)(H,51,52)(H,41,43,48)(H2,42,45,53)/t21-,23-,24-,27+,32-,40-/m1/s1. The molecule has 2 aliphatic rings. The molecular formula is C40H53N7O8S. The van der Waals surface area contributed by atoms with Crippen molar-refractivity contribution in [1.82, 2.24) is 30.8 Å². The number of amides is 5. The SMILES string of the molecule is C=C[C@@H]1C[C@]1(NC(=O)[C@@H]1C[C@@H](Oc2cc(-c3cnc(NC(C)=O)s3)nc3c(C)c(OC)ccc23)CN1C(=O)[C@@H](NC(=O)N[C@H](C)C(C)(C)C)C(C)(C)C)C(=O)O. The largest absolute Gasteiger partial charge is 0.496 e. The molecule has 15 nitrogen and oxygen atoms in total. The fourth-order valence-electron chi connectivity index (χ4n) is 6.70. The van der Waals surface area contributed by atoms with Gasteiger partial charge in [0.1, 0.15) is 35.2 Å². The number of urea groups is 1. The number of likely N-dealkylation sites (tertiary alicyclic amines) is 1. The first-order valence-corrected chi connectivity index (χ1v) is 19.4. The molecule has 5 N–H and O–H groups in total. The van der Waals surface area contributed by atoms with Crippen molar-refractivity contribution in [2.45, 2.75) is 105 Å². The van der Waals surface area contributed by atoms with Gasteiger partial charge in [-0.05, 0) is 43.2 Å². The normalized spacial score (nSPS) is 21.8. The zero-order valence-corrected chi connectivity index (χ0v) is 34.5. The number of carbonyl (C=O) groups is 5. The van der Waals surface area contributed by atoms with Gasteiger partial charge in [0.15, 0.2) is 5.13 Å².